The second kappa shape index (κ2) is 11.0. The number of rotatable bonds is 8. The lowest BCUT2D eigenvalue weighted by Gasteiger charge is -2.47. The number of benzene rings is 1. The van der Waals surface area contributed by atoms with E-state index >= 15 is 0 Å². The average molecular weight is 456 g/mol. The molecule has 0 aromatic heterocycles. The zero-order valence-electron chi connectivity index (χ0n) is 18.2. The van der Waals surface area contributed by atoms with E-state index in [0.717, 1.165) is 5.56 Å². The van der Waals surface area contributed by atoms with Crippen LogP contribution in [0, 0.1) is 5.92 Å². The molecule has 2 aliphatic rings. The summed E-state index contributed by atoms with van der Waals surface area (Å²) in [5.41, 5.74) is 7.26. The van der Waals surface area contributed by atoms with E-state index in [-0.39, 0.29) is 24.7 Å². The first-order valence-corrected chi connectivity index (χ1v) is 10.8. The van der Waals surface area contributed by atoms with E-state index in [1.807, 2.05) is 44.2 Å². The van der Waals surface area contributed by atoms with E-state index in [4.69, 9.17) is 29.8 Å². The fourth-order valence-corrected chi connectivity index (χ4v) is 4.17. The van der Waals surface area contributed by atoms with Crippen molar-refractivity contribution in [2.45, 2.75) is 81.9 Å². The van der Waals surface area contributed by atoms with Gasteiger partial charge in [0.05, 0.1) is 37.9 Å². The first-order valence-electron chi connectivity index (χ1n) is 10.8. The minimum Gasteiger partial charge on any atom is -0.481 e. The molecule has 2 fully saturated rings. The van der Waals surface area contributed by atoms with Crippen molar-refractivity contribution in [2.24, 2.45) is 11.7 Å². The molecule has 0 radical (unpaired) electrons. The molecule has 32 heavy (non-hydrogen) atoms. The molecule has 10 nitrogen and oxygen atoms in total. The number of carboxylic acids is 1. The van der Waals surface area contributed by atoms with Crippen LogP contribution in [0.4, 0.5) is 0 Å². The fourth-order valence-electron chi connectivity index (χ4n) is 4.17. The van der Waals surface area contributed by atoms with E-state index in [1.165, 1.54) is 0 Å². The molecule has 10 unspecified atom stereocenters. The van der Waals surface area contributed by atoms with Gasteiger partial charge in [-0.2, -0.15) is 0 Å². The number of carboxylic acid groups (broad SMARTS) is 1. The number of aliphatic hydroxyl groups excluding tert-OH is 3. The van der Waals surface area contributed by atoms with Crippen LogP contribution < -0.4 is 5.73 Å². The SMILES string of the molecule is CC1OC(COCc2ccccc2)C(OC2OC(CC(=O)O)C(O)C(O)C2O)C(C)C1N. The Morgan fingerprint density at radius 3 is 2.38 bits per heavy atom. The third-order valence-corrected chi connectivity index (χ3v) is 6.15. The Balaban J connectivity index is 1.69. The summed E-state index contributed by atoms with van der Waals surface area (Å²) < 4.78 is 23.4. The highest BCUT2D eigenvalue weighted by Gasteiger charge is 2.49. The van der Waals surface area contributed by atoms with Crippen LogP contribution in [0.25, 0.3) is 0 Å². The summed E-state index contributed by atoms with van der Waals surface area (Å²) in [7, 11) is 0. The maximum absolute atomic E-state index is 11.1. The Morgan fingerprint density at radius 1 is 1.03 bits per heavy atom. The Labute approximate surface area is 186 Å². The monoisotopic (exact) mass is 455 g/mol. The number of hydrogen-bond acceptors (Lipinski definition) is 9. The maximum Gasteiger partial charge on any atom is 0.306 e. The first kappa shape index (κ1) is 25.0. The van der Waals surface area contributed by atoms with Crippen LogP contribution >= 0.6 is 0 Å². The number of aliphatic hydroxyl groups is 3. The topological polar surface area (TPSA) is 161 Å². The Hall–Kier alpha value is -1.63. The molecule has 10 heteroatoms. The summed E-state index contributed by atoms with van der Waals surface area (Å²) in [6, 6.07) is 9.27. The van der Waals surface area contributed by atoms with E-state index in [9.17, 15) is 20.1 Å². The summed E-state index contributed by atoms with van der Waals surface area (Å²) in [6.07, 6.45) is -9.40. The molecule has 0 bridgehead atoms. The quantitative estimate of drug-likeness (QED) is 0.349. The van der Waals surface area contributed by atoms with E-state index < -0.39 is 55.3 Å². The molecule has 1 aromatic rings. The molecular weight excluding hydrogens is 422 g/mol. The summed E-state index contributed by atoms with van der Waals surface area (Å²) in [5, 5.41) is 39.7. The molecule has 2 saturated heterocycles. The molecule has 2 heterocycles. The van der Waals surface area contributed by atoms with Gasteiger partial charge in [0.1, 0.15) is 24.4 Å². The van der Waals surface area contributed by atoms with E-state index in [0.29, 0.717) is 6.61 Å². The van der Waals surface area contributed by atoms with Crippen LogP contribution in [0.3, 0.4) is 0 Å². The molecule has 180 valence electrons. The van der Waals surface area contributed by atoms with Gasteiger partial charge in [0.25, 0.3) is 0 Å². The number of aliphatic carboxylic acids is 1. The molecule has 0 aliphatic carbocycles. The van der Waals surface area contributed by atoms with Gasteiger partial charge >= 0.3 is 5.97 Å². The largest absolute Gasteiger partial charge is 0.481 e. The number of nitrogens with two attached hydrogens (primary N) is 1. The van der Waals surface area contributed by atoms with Crippen LogP contribution in [-0.2, 0) is 30.3 Å². The van der Waals surface area contributed by atoms with Crippen LogP contribution in [-0.4, -0.2) is 88.1 Å². The molecular formula is C22H33NO9. The van der Waals surface area contributed by atoms with Crippen molar-refractivity contribution < 1.29 is 44.2 Å². The zero-order valence-corrected chi connectivity index (χ0v) is 18.2. The zero-order chi connectivity index (χ0) is 23.4. The Bertz CT molecular complexity index is 735. The predicted molar refractivity (Wildman–Crippen MR) is 111 cm³/mol. The van der Waals surface area contributed by atoms with Gasteiger partial charge in [-0.1, -0.05) is 37.3 Å². The Kier molecular flexibility index (Phi) is 8.59. The van der Waals surface area contributed by atoms with Crippen LogP contribution in [0.1, 0.15) is 25.8 Å². The molecule has 0 spiro atoms. The maximum atomic E-state index is 11.1. The van der Waals surface area contributed by atoms with Crippen molar-refractivity contribution in [1.82, 2.24) is 0 Å². The highest BCUT2D eigenvalue weighted by molar-refractivity contribution is 5.67. The van der Waals surface area contributed by atoms with Gasteiger partial charge in [-0.05, 0) is 12.5 Å². The van der Waals surface area contributed by atoms with Crippen LogP contribution in [0.5, 0.6) is 0 Å². The normalized spacial score (nSPS) is 40.2. The third kappa shape index (κ3) is 5.83. The van der Waals surface area contributed by atoms with Crippen LogP contribution in [0.15, 0.2) is 30.3 Å². The smallest absolute Gasteiger partial charge is 0.306 e. The standard InChI is InChI=1S/C22H33NO9/c1-11-17(23)12(2)30-15(10-29-9-13-6-4-3-5-7-13)21(11)32-22-20(28)19(27)18(26)14(31-22)8-16(24)25/h3-7,11-12,14-15,17-22,26-28H,8-10,23H2,1-2H3,(H,24,25). The van der Waals surface area contributed by atoms with Crippen LogP contribution in [0.2, 0.25) is 0 Å². The molecule has 1 aromatic carbocycles. The lowest BCUT2D eigenvalue weighted by Crippen LogP contribution is -2.63. The predicted octanol–water partition coefficient (Wildman–Crippen LogP) is -0.379. The van der Waals surface area contributed by atoms with Crippen molar-refractivity contribution in [3.8, 4) is 0 Å². The lowest BCUT2D eigenvalue weighted by molar-refractivity contribution is -0.328. The third-order valence-electron chi connectivity index (χ3n) is 6.15. The summed E-state index contributed by atoms with van der Waals surface area (Å²) in [4.78, 5) is 11.1. The van der Waals surface area contributed by atoms with Crippen molar-refractivity contribution in [3.05, 3.63) is 35.9 Å². The number of hydrogen-bond donors (Lipinski definition) is 5. The van der Waals surface area contributed by atoms with Gasteiger partial charge in [-0.25, -0.2) is 0 Å². The van der Waals surface area contributed by atoms with Gasteiger partial charge in [0.15, 0.2) is 6.29 Å². The minimum atomic E-state index is -1.63. The molecule has 6 N–H and O–H groups in total. The van der Waals surface area contributed by atoms with Gasteiger partial charge in [0.2, 0.25) is 0 Å². The lowest BCUT2D eigenvalue weighted by atomic mass is 9.86. The fraction of sp³-hybridized carbons (Fsp3) is 0.682. The van der Waals surface area contributed by atoms with Gasteiger partial charge in [0, 0.05) is 12.0 Å². The second-order valence-corrected chi connectivity index (χ2v) is 8.53. The summed E-state index contributed by atoms with van der Waals surface area (Å²) in [6.45, 7) is 4.30. The Morgan fingerprint density at radius 2 is 1.72 bits per heavy atom. The van der Waals surface area contributed by atoms with E-state index in [1.54, 1.807) is 0 Å². The van der Waals surface area contributed by atoms with Crippen molar-refractivity contribution in [2.75, 3.05) is 6.61 Å². The summed E-state index contributed by atoms with van der Waals surface area (Å²) >= 11 is 0. The van der Waals surface area contributed by atoms with E-state index in [2.05, 4.69) is 0 Å². The molecule has 0 saturated carbocycles. The number of carbonyl (C=O) groups is 1. The molecule has 2 aliphatic heterocycles. The number of ether oxygens (including phenoxy) is 4. The van der Waals surface area contributed by atoms with Crippen molar-refractivity contribution in [1.29, 1.82) is 0 Å². The highest BCUT2D eigenvalue weighted by Crippen LogP contribution is 2.32. The van der Waals surface area contributed by atoms with Gasteiger partial charge < -0.3 is 45.1 Å². The van der Waals surface area contributed by atoms with Crippen molar-refractivity contribution >= 4 is 5.97 Å². The molecule has 0 amide bonds. The van der Waals surface area contributed by atoms with Gasteiger partial charge in [-0.3, -0.25) is 4.79 Å². The average Bonchev–Trinajstić information content (AvgIpc) is 2.76. The van der Waals surface area contributed by atoms with Crippen molar-refractivity contribution in [3.63, 3.8) is 0 Å². The molecule has 3 rings (SSSR count). The minimum absolute atomic E-state index is 0.188. The highest BCUT2D eigenvalue weighted by atomic mass is 16.7. The van der Waals surface area contributed by atoms with Gasteiger partial charge in [-0.15, -0.1) is 0 Å². The molecule has 10 atom stereocenters. The first-order chi connectivity index (χ1) is 15.2. The second-order valence-electron chi connectivity index (χ2n) is 8.53. The summed E-state index contributed by atoms with van der Waals surface area (Å²) in [5.74, 6) is -1.43.